The summed E-state index contributed by atoms with van der Waals surface area (Å²) in [5.41, 5.74) is 1.08. The molecule has 0 aliphatic heterocycles. The first-order chi connectivity index (χ1) is 9.63. The number of carbonyl (C=O) groups is 1. The highest BCUT2D eigenvalue weighted by Gasteiger charge is 2.11. The minimum Gasteiger partial charge on any atom is -0.490 e. The number of halogens is 1. The van der Waals surface area contributed by atoms with Crippen molar-refractivity contribution in [3.8, 4) is 5.75 Å². The number of anilines is 1. The highest BCUT2D eigenvalue weighted by atomic mass is 19.1. The van der Waals surface area contributed by atoms with Crippen LogP contribution in [0.2, 0.25) is 0 Å². The molecule has 6 heteroatoms. The van der Waals surface area contributed by atoms with Crippen LogP contribution in [0.3, 0.4) is 0 Å². The molecule has 0 atom stereocenters. The molecule has 0 unspecified atom stereocenters. The Labute approximate surface area is 116 Å². The first-order valence-electron chi connectivity index (χ1n) is 6.76. The van der Waals surface area contributed by atoms with Crippen molar-refractivity contribution in [2.75, 3.05) is 11.9 Å². The molecule has 20 heavy (non-hydrogen) atoms. The predicted octanol–water partition coefficient (Wildman–Crippen LogP) is 3.23. The molecule has 0 fully saturated rings. The van der Waals surface area contributed by atoms with Gasteiger partial charge in [-0.2, -0.15) is 0 Å². The molecular weight excluding hydrogens is 261 g/mol. The molecule has 0 aliphatic rings. The average molecular weight is 279 g/mol. The number of aromatic amines is 1. The van der Waals surface area contributed by atoms with Crippen LogP contribution in [0.25, 0.3) is 11.0 Å². The van der Waals surface area contributed by atoms with Gasteiger partial charge >= 0.3 is 0 Å². The molecule has 0 aliphatic carbocycles. The number of aromatic nitrogens is 2. The van der Waals surface area contributed by atoms with Gasteiger partial charge in [0.1, 0.15) is 0 Å². The number of benzene rings is 1. The Hall–Kier alpha value is -2.11. The molecule has 0 bridgehead atoms. The Morgan fingerprint density at radius 1 is 1.45 bits per heavy atom. The molecule has 0 saturated heterocycles. The number of hydrogen-bond acceptors (Lipinski definition) is 3. The summed E-state index contributed by atoms with van der Waals surface area (Å²) in [4.78, 5) is 18.4. The maximum Gasteiger partial charge on any atom is 0.226 e. The fourth-order valence-electron chi connectivity index (χ4n) is 1.73. The largest absolute Gasteiger partial charge is 0.490 e. The third-order valence-electron chi connectivity index (χ3n) is 2.87. The number of nitrogens with one attached hydrogen (secondary N) is 2. The number of amides is 1. The number of fused-ring (bicyclic) bond motifs is 1. The number of unbranched alkanes of at least 4 members (excludes halogenated alkanes) is 1. The van der Waals surface area contributed by atoms with Gasteiger partial charge < -0.3 is 9.72 Å². The van der Waals surface area contributed by atoms with E-state index in [2.05, 4.69) is 15.3 Å². The molecular formula is C14H18FN3O2. The molecule has 0 spiro atoms. The molecule has 1 aromatic carbocycles. The molecule has 0 saturated carbocycles. The van der Waals surface area contributed by atoms with Crippen molar-refractivity contribution in [2.24, 2.45) is 0 Å². The monoisotopic (exact) mass is 279 g/mol. The quantitative estimate of drug-likeness (QED) is 0.798. The van der Waals surface area contributed by atoms with Crippen LogP contribution in [0.5, 0.6) is 5.75 Å². The van der Waals surface area contributed by atoms with E-state index in [1.54, 1.807) is 13.0 Å². The SMILES string of the molecule is CCCCOc1cc2nc(NC(=O)CC)[nH]c2cc1F. The van der Waals surface area contributed by atoms with E-state index in [0.29, 0.717) is 30.0 Å². The number of H-pyrrole nitrogens is 1. The summed E-state index contributed by atoms with van der Waals surface area (Å²) in [6, 6.07) is 2.86. The molecule has 2 aromatic rings. The summed E-state index contributed by atoms with van der Waals surface area (Å²) in [5.74, 6) is -0.0858. The Kier molecular flexibility index (Phi) is 4.55. The van der Waals surface area contributed by atoms with Gasteiger partial charge in [-0.15, -0.1) is 0 Å². The van der Waals surface area contributed by atoms with Gasteiger partial charge in [0.2, 0.25) is 11.9 Å². The first kappa shape index (κ1) is 14.3. The van der Waals surface area contributed by atoms with Crippen molar-refractivity contribution in [1.29, 1.82) is 0 Å². The Morgan fingerprint density at radius 3 is 2.95 bits per heavy atom. The van der Waals surface area contributed by atoms with Crippen molar-refractivity contribution in [3.05, 3.63) is 17.9 Å². The Bertz CT molecular complexity index is 610. The van der Waals surface area contributed by atoms with Crippen molar-refractivity contribution in [3.63, 3.8) is 0 Å². The van der Waals surface area contributed by atoms with Crippen LogP contribution in [-0.2, 0) is 4.79 Å². The molecule has 108 valence electrons. The van der Waals surface area contributed by atoms with Crippen LogP contribution < -0.4 is 10.1 Å². The van der Waals surface area contributed by atoms with Gasteiger partial charge in [0.25, 0.3) is 0 Å². The van der Waals surface area contributed by atoms with E-state index >= 15 is 0 Å². The third kappa shape index (κ3) is 3.26. The lowest BCUT2D eigenvalue weighted by Crippen LogP contribution is -2.10. The van der Waals surface area contributed by atoms with Crippen LogP contribution in [0.15, 0.2) is 12.1 Å². The van der Waals surface area contributed by atoms with Crippen LogP contribution in [-0.4, -0.2) is 22.5 Å². The second kappa shape index (κ2) is 6.36. The fourth-order valence-corrected chi connectivity index (χ4v) is 1.73. The van der Waals surface area contributed by atoms with Crippen molar-refractivity contribution in [1.82, 2.24) is 9.97 Å². The highest BCUT2D eigenvalue weighted by molar-refractivity contribution is 5.91. The lowest BCUT2D eigenvalue weighted by atomic mass is 10.3. The Balaban J connectivity index is 2.21. The van der Waals surface area contributed by atoms with E-state index in [1.807, 2.05) is 6.92 Å². The number of carbonyl (C=O) groups excluding carboxylic acids is 1. The zero-order valence-electron chi connectivity index (χ0n) is 11.6. The molecule has 1 aromatic heterocycles. The zero-order chi connectivity index (χ0) is 14.5. The normalized spacial score (nSPS) is 10.8. The topological polar surface area (TPSA) is 67.0 Å². The number of rotatable bonds is 6. The molecule has 0 radical (unpaired) electrons. The van der Waals surface area contributed by atoms with Gasteiger partial charge in [-0.25, -0.2) is 9.37 Å². The summed E-state index contributed by atoms with van der Waals surface area (Å²) >= 11 is 0. The first-order valence-corrected chi connectivity index (χ1v) is 6.76. The third-order valence-corrected chi connectivity index (χ3v) is 2.87. The van der Waals surface area contributed by atoms with Gasteiger partial charge in [0.05, 0.1) is 17.6 Å². The van der Waals surface area contributed by atoms with Gasteiger partial charge in [0.15, 0.2) is 11.6 Å². The Morgan fingerprint density at radius 2 is 2.25 bits per heavy atom. The summed E-state index contributed by atoms with van der Waals surface area (Å²) in [7, 11) is 0. The van der Waals surface area contributed by atoms with E-state index in [0.717, 1.165) is 12.8 Å². The summed E-state index contributed by atoms with van der Waals surface area (Å²) in [6.45, 7) is 4.26. The van der Waals surface area contributed by atoms with Gasteiger partial charge in [-0.3, -0.25) is 10.1 Å². The fraction of sp³-hybridized carbons (Fsp3) is 0.429. The number of ether oxygens (including phenoxy) is 1. The van der Waals surface area contributed by atoms with E-state index in [4.69, 9.17) is 4.74 Å². The summed E-state index contributed by atoms with van der Waals surface area (Å²) in [6.07, 6.45) is 2.21. The minimum absolute atomic E-state index is 0.149. The van der Waals surface area contributed by atoms with Crippen LogP contribution >= 0.6 is 0 Å². The highest BCUT2D eigenvalue weighted by Crippen LogP contribution is 2.24. The number of hydrogen-bond donors (Lipinski definition) is 2. The molecule has 2 N–H and O–H groups in total. The van der Waals surface area contributed by atoms with Crippen LogP contribution in [0.1, 0.15) is 33.1 Å². The molecule has 1 heterocycles. The average Bonchev–Trinajstić information content (AvgIpc) is 2.80. The number of nitrogens with zero attached hydrogens (tertiary/aromatic N) is 1. The van der Waals surface area contributed by atoms with Gasteiger partial charge in [-0.05, 0) is 6.42 Å². The summed E-state index contributed by atoms with van der Waals surface area (Å²) < 4.78 is 19.2. The second-order valence-electron chi connectivity index (χ2n) is 4.49. The van der Waals surface area contributed by atoms with Gasteiger partial charge in [-0.1, -0.05) is 20.3 Å². The maximum absolute atomic E-state index is 13.8. The predicted molar refractivity (Wildman–Crippen MR) is 75.4 cm³/mol. The zero-order valence-corrected chi connectivity index (χ0v) is 11.6. The molecule has 2 rings (SSSR count). The summed E-state index contributed by atoms with van der Waals surface area (Å²) in [5, 5.41) is 2.60. The second-order valence-corrected chi connectivity index (χ2v) is 4.49. The van der Waals surface area contributed by atoms with E-state index in [1.165, 1.54) is 6.07 Å². The van der Waals surface area contributed by atoms with E-state index in [9.17, 15) is 9.18 Å². The number of imidazole rings is 1. The smallest absolute Gasteiger partial charge is 0.226 e. The lowest BCUT2D eigenvalue weighted by Gasteiger charge is -2.05. The molecule has 1 amide bonds. The van der Waals surface area contributed by atoms with Crippen molar-refractivity contribution in [2.45, 2.75) is 33.1 Å². The van der Waals surface area contributed by atoms with Crippen molar-refractivity contribution < 1.29 is 13.9 Å². The van der Waals surface area contributed by atoms with Crippen LogP contribution in [0, 0.1) is 5.82 Å². The maximum atomic E-state index is 13.8. The standard InChI is InChI=1S/C14H18FN3O2/c1-3-5-6-20-12-8-11-10(7-9(12)15)16-14(17-11)18-13(19)4-2/h7-8H,3-6H2,1-2H3,(H2,16,17,18,19). The van der Waals surface area contributed by atoms with Crippen LogP contribution in [0.4, 0.5) is 10.3 Å². The lowest BCUT2D eigenvalue weighted by molar-refractivity contribution is -0.115. The van der Waals surface area contributed by atoms with E-state index in [-0.39, 0.29) is 11.7 Å². The molecule has 5 nitrogen and oxygen atoms in total. The van der Waals surface area contributed by atoms with Gasteiger partial charge in [0, 0.05) is 18.6 Å². The van der Waals surface area contributed by atoms with E-state index < -0.39 is 5.82 Å². The minimum atomic E-state index is -0.439. The van der Waals surface area contributed by atoms with Crippen molar-refractivity contribution >= 4 is 22.9 Å².